The number of benzene rings is 2. The SMILES string of the molecule is O=C(Cn1ccc(=O)c2ccc(Br)cc21)NCc1ccccc1. The number of pyridine rings is 1. The zero-order valence-electron chi connectivity index (χ0n) is 12.3. The monoisotopic (exact) mass is 370 g/mol. The lowest BCUT2D eigenvalue weighted by Crippen LogP contribution is -2.27. The number of carbonyl (C=O) groups excluding carboxylic acids is 1. The van der Waals surface area contributed by atoms with Crippen LogP contribution in [0.15, 0.2) is 70.1 Å². The number of nitrogens with zero attached hydrogens (tertiary/aromatic N) is 1. The number of halogens is 1. The fraction of sp³-hybridized carbons (Fsp3) is 0.111. The first-order valence-corrected chi connectivity index (χ1v) is 8.02. The fourth-order valence-electron chi connectivity index (χ4n) is 2.42. The van der Waals surface area contributed by atoms with Crippen molar-refractivity contribution in [3.63, 3.8) is 0 Å². The van der Waals surface area contributed by atoms with E-state index >= 15 is 0 Å². The number of aromatic nitrogens is 1. The maximum Gasteiger partial charge on any atom is 0.240 e. The molecular weight excluding hydrogens is 356 g/mol. The van der Waals surface area contributed by atoms with Gasteiger partial charge >= 0.3 is 0 Å². The van der Waals surface area contributed by atoms with Crippen molar-refractivity contribution < 1.29 is 4.79 Å². The van der Waals surface area contributed by atoms with Crippen LogP contribution in [0.5, 0.6) is 0 Å². The van der Waals surface area contributed by atoms with Gasteiger partial charge in [-0.25, -0.2) is 0 Å². The molecule has 1 N–H and O–H groups in total. The van der Waals surface area contributed by atoms with Crippen molar-refractivity contribution in [1.82, 2.24) is 9.88 Å². The summed E-state index contributed by atoms with van der Waals surface area (Å²) >= 11 is 3.40. The number of fused-ring (bicyclic) bond motifs is 1. The molecule has 0 spiro atoms. The largest absolute Gasteiger partial charge is 0.350 e. The van der Waals surface area contributed by atoms with E-state index in [1.807, 2.05) is 42.5 Å². The van der Waals surface area contributed by atoms with Crippen LogP contribution in [0.25, 0.3) is 10.9 Å². The molecule has 1 amide bonds. The molecule has 0 aliphatic rings. The second kappa shape index (κ2) is 6.79. The third kappa shape index (κ3) is 3.68. The van der Waals surface area contributed by atoms with E-state index < -0.39 is 0 Å². The topological polar surface area (TPSA) is 51.1 Å². The van der Waals surface area contributed by atoms with Crippen LogP contribution in [-0.2, 0) is 17.9 Å². The first kappa shape index (κ1) is 15.5. The van der Waals surface area contributed by atoms with Crippen molar-refractivity contribution in [3.8, 4) is 0 Å². The van der Waals surface area contributed by atoms with E-state index in [-0.39, 0.29) is 17.9 Å². The average Bonchev–Trinajstić information content (AvgIpc) is 2.56. The molecule has 116 valence electrons. The summed E-state index contributed by atoms with van der Waals surface area (Å²) in [7, 11) is 0. The highest BCUT2D eigenvalue weighted by molar-refractivity contribution is 9.10. The van der Waals surface area contributed by atoms with E-state index in [4.69, 9.17) is 0 Å². The van der Waals surface area contributed by atoms with Gasteiger partial charge in [-0.05, 0) is 23.8 Å². The Morgan fingerprint density at radius 1 is 1.09 bits per heavy atom. The Kier molecular flexibility index (Phi) is 4.57. The fourth-order valence-corrected chi connectivity index (χ4v) is 2.77. The smallest absolute Gasteiger partial charge is 0.240 e. The van der Waals surface area contributed by atoms with Crippen LogP contribution < -0.4 is 10.7 Å². The Morgan fingerprint density at radius 2 is 1.87 bits per heavy atom. The van der Waals surface area contributed by atoms with Crippen molar-refractivity contribution in [2.24, 2.45) is 0 Å². The lowest BCUT2D eigenvalue weighted by atomic mass is 10.2. The highest BCUT2D eigenvalue weighted by atomic mass is 79.9. The summed E-state index contributed by atoms with van der Waals surface area (Å²) in [5.41, 5.74) is 1.74. The second-order valence-electron chi connectivity index (χ2n) is 5.23. The quantitative estimate of drug-likeness (QED) is 0.767. The van der Waals surface area contributed by atoms with E-state index in [2.05, 4.69) is 21.2 Å². The van der Waals surface area contributed by atoms with Crippen LogP contribution >= 0.6 is 15.9 Å². The Bertz CT molecular complexity index is 904. The van der Waals surface area contributed by atoms with Gasteiger partial charge in [-0.15, -0.1) is 0 Å². The number of carbonyl (C=O) groups is 1. The predicted molar refractivity (Wildman–Crippen MR) is 94.2 cm³/mol. The maximum atomic E-state index is 12.2. The van der Waals surface area contributed by atoms with E-state index in [0.717, 1.165) is 15.6 Å². The summed E-state index contributed by atoms with van der Waals surface area (Å²) in [6, 6.07) is 16.7. The highest BCUT2D eigenvalue weighted by Crippen LogP contribution is 2.17. The van der Waals surface area contributed by atoms with Crippen molar-refractivity contribution in [2.75, 3.05) is 0 Å². The van der Waals surface area contributed by atoms with Gasteiger partial charge in [-0.3, -0.25) is 9.59 Å². The van der Waals surface area contributed by atoms with E-state index in [0.29, 0.717) is 11.9 Å². The molecule has 0 saturated heterocycles. The average molecular weight is 371 g/mol. The van der Waals surface area contributed by atoms with Gasteiger partial charge in [-0.2, -0.15) is 0 Å². The van der Waals surface area contributed by atoms with Crippen LogP contribution in [0.1, 0.15) is 5.56 Å². The van der Waals surface area contributed by atoms with Gasteiger partial charge in [0.2, 0.25) is 5.91 Å². The molecule has 4 nitrogen and oxygen atoms in total. The number of amides is 1. The minimum atomic E-state index is -0.0984. The van der Waals surface area contributed by atoms with Crippen molar-refractivity contribution in [1.29, 1.82) is 0 Å². The minimum Gasteiger partial charge on any atom is -0.350 e. The summed E-state index contributed by atoms with van der Waals surface area (Å²) in [4.78, 5) is 24.1. The number of nitrogens with one attached hydrogen (secondary N) is 1. The van der Waals surface area contributed by atoms with Crippen molar-refractivity contribution in [2.45, 2.75) is 13.1 Å². The molecule has 0 saturated carbocycles. The maximum absolute atomic E-state index is 12.2. The molecule has 3 rings (SSSR count). The first-order chi connectivity index (χ1) is 11.1. The Labute approximate surface area is 141 Å². The molecule has 5 heteroatoms. The Morgan fingerprint density at radius 3 is 2.65 bits per heavy atom. The normalized spacial score (nSPS) is 10.7. The van der Waals surface area contributed by atoms with Crippen LogP contribution in [0.2, 0.25) is 0 Å². The van der Waals surface area contributed by atoms with Gasteiger partial charge in [-0.1, -0.05) is 46.3 Å². The lowest BCUT2D eigenvalue weighted by Gasteiger charge is -2.11. The summed E-state index contributed by atoms with van der Waals surface area (Å²) in [5.74, 6) is -0.0984. The molecule has 23 heavy (non-hydrogen) atoms. The molecule has 0 aliphatic carbocycles. The van der Waals surface area contributed by atoms with Gasteiger partial charge in [0.1, 0.15) is 6.54 Å². The third-order valence-corrected chi connectivity index (χ3v) is 4.08. The summed E-state index contributed by atoms with van der Waals surface area (Å²) in [6.07, 6.45) is 1.65. The van der Waals surface area contributed by atoms with Crippen LogP contribution in [0.4, 0.5) is 0 Å². The number of hydrogen-bond donors (Lipinski definition) is 1. The second-order valence-corrected chi connectivity index (χ2v) is 6.15. The molecular formula is C18H15BrN2O2. The molecule has 0 atom stereocenters. The third-order valence-electron chi connectivity index (χ3n) is 3.59. The van der Waals surface area contributed by atoms with Gasteiger partial charge in [0.05, 0.1) is 5.52 Å². The number of rotatable bonds is 4. The molecule has 0 aliphatic heterocycles. The highest BCUT2D eigenvalue weighted by Gasteiger charge is 2.07. The van der Waals surface area contributed by atoms with Crippen molar-refractivity contribution in [3.05, 3.63) is 81.1 Å². The van der Waals surface area contributed by atoms with E-state index in [1.165, 1.54) is 6.07 Å². The van der Waals surface area contributed by atoms with Crippen molar-refractivity contribution >= 4 is 32.7 Å². The molecule has 0 fully saturated rings. The van der Waals surface area contributed by atoms with Crippen LogP contribution in [0.3, 0.4) is 0 Å². The Hall–Kier alpha value is -2.40. The van der Waals surface area contributed by atoms with Gasteiger partial charge in [0.15, 0.2) is 5.43 Å². The zero-order chi connectivity index (χ0) is 16.2. The summed E-state index contributed by atoms with van der Waals surface area (Å²) in [5, 5.41) is 3.50. The zero-order valence-corrected chi connectivity index (χ0v) is 13.9. The molecule has 0 unspecified atom stereocenters. The van der Waals surface area contributed by atoms with E-state index in [1.54, 1.807) is 16.8 Å². The molecule has 0 bridgehead atoms. The molecule has 2 aromatic carbocycles. The first-order valence-electron chi connectivity index (χ1n) is 7.23. The summed E-state index contributed by atoms with van der Waals surface area (Å²) in [6.45, 7) is 0.654. The van der Waals surface area contributed by atoms with Gasteiger partial charge < -0.3 is 9.88 Å². The standard InChI is InChI=1S/C18H15BrN2O2/c19-14-6-7-15-16(10-14)21(9-8-17(15)22)12-18(23)20-11-13-4-2-1-3-5-13/h1-10H,11-12H2,(H,20,23). The predicted octanol–water partition coefficient (Wildman–Crippen LogP) is 3.08. The minimum absolute atomic E-state index is 0.0477. The van der Waals surface area contributed by atoms with E-state index in [9.17, 15) is 9.59 Å². The lowest BCUT2D eigenvalue weighted by molar-refractivity contribution is -0.121. The summed E-state index contributed by atoms with van der Waals surface area (Å²) < 4.78 is 2.65. The Balaban J connectivity index is 1.78. The molecule has 1 aromatic heterocycles. The number of hydrogen-bond acceptors (Lipinski definition) is 2. The molecule has 3 aromatic rings. The van der Waals surface area contributed by atoms with Crippen LogP contribution in [-0.4, -0.2) is 10.5 Å². The molecule has 1 heterocycles. The van der Waals surface area contributed by atoms with Crippen LogP contribution in [0, 0.1) is 0 Å². The van der Waals surface area contributed by atoms with Gasteiger partial charge in [0.25, 0.3) is 0 Å². The molecule has 0 radical (unpaired) electrons. The van der Waals surface area contributed by atoms with Gasteiger partial charge in [0, 0.05) is 28.7 Å².